The smallest absolute Gasteiger partial charge is 0.407 e. The molecule has 1 aromatic heterocycles. The summed E-state index contributed by atoms with van der Waals surface area (Å²) in [6, 6.07) is 30.5. The zero-order valence-corrected chi connectivity index (χ0v) is 23.3. The quantitative estimate of drug-likeness (QED) is 0.168. The van der Waals surface area contributed by atoms with Crippen LogP contribution < -0.4 is 10.1 Å². The third-order valence-electron chi connectivity index (χ3n) is 7.77. The maximum Gasteiger partial charge on any atom is 0.407 e. The van der Waals surface area contributed by atoms with Crippen molar-refractivity contribution in [1.82, 2.24) is 10.3 Å². The molecule has 0 radical (unpaired) electrons. The maximum absolute atomic E-state index is 13.0. The Morgan fingerprint density at radius 1 is 0.881 bits per heavy atom. The van der Waals surface area contributed by atoms with Crippen molar-refractivity contribution in [2.24, 2.45) is 0 Å². The number of aliphatic carboxylic acids is 1. The van der Waals surface area contributed by atoms with Crippen LogP contribution in [0.2, 0.25) is 0 Å². The second kappa shape index (κ2) is 11.8. The molecule has 0 bridgehead atoms. The lowest BCUT2D eigenvalue weighted by molar-refractivity contribution is -0.139. The van der Waals surface area contributed by atoms with Crippen LogP contribution in [0, 0.1) is 0 Å². The van der Waals surface area contributed by atoms with E-state index in [-0.39, 0.29) is 18.9 Å². The van der Waals surface area contributed by atoms with Crippen molar-refractivity contribution in [2.45, 2.75) is 31.7 Å². The molecular formula is C35H32N2O5. The van der Waals surface area contributed by atoms with Crippen LogP contribution in [0.4, 0.5) is 4.79 Å². The van der Waals surface area contributed by atoms with Crippen LogP contribution in [0.25, 0.3) is 33.3 Å². The van der Waals surface area contributed by atoms with Gasteiger partial charge >= 0.3 is 12.1 Å². The highest BCUT2D eigenvalue weighted by atomic mass is 16.5. The number of fused-ring (bicyclic) bond motifs is 4. The van der Waals surface area contributed by atoms with Crippen LogP contribution in [0.3, 0.4) is 0 Å². The predicted octanol–water partition coefficient (Wildman–Crippen LogP) is 7.16. The number of nitrogens with one attached hydrogen (secondary N) is 2. The summed E-state index contributed by atoms with van der Waals surface area (Å²) in [6.07, 6.45) is 0.233. The van der Waals surface area contributed by atoms with Gasteiger partial charge in [0.25, 0.3) is 0 Å². The monoisotopic (exact) mass is 560 g/mol. The summed E-state index contributed by atoms with van der Waals surface area (Å²) in [5.74, 6) is -0.474. The van der Waals surface area contributed by atoms with Crippen molar-refractivity contribution in [2.75, 3.05) is 13.2 Å². The molecule has 0 saturated carbocycles. The molecule has 0 aliphatic heterocycles. The van der Waals surface area contributed by atoms with Gasteiger partial charge in [-0.1, -0.05) is 73.7 Å². The summed E-state index contributed by atoms with van der Waals surface area (Å²) < 4.78 is 11.4. The lowest BCUT2D eigenvalue weighted by Crippen LogP contribution is -2.43. The highest BCUT2D eigenvalue weighted by molar-refractivity contribution is 5.92. The summed E-state index contributed by atoms with van der Waals surface area (Å²) in [4.78, 5) is 28.8. The molecule has 1 atom stereocenters. The van der Waals surface area contributed by atoms with Gasteiger partial charge in [-0.25, -0.2) is 9.59 Å². The molecule has 0 spiro atoms. The van der Waals surface area contributed by atoms with Crippen molar-refractivity contribution in [3.8, 4) is 28.1 Å². The fourth-order valence-electron chi connectivity index (χ4n) is 5.78. The number of H-pyrrole nitrogens is 1. The number of para-hydroxylation sites is 1. The van der Waals surface area contributed by atoms with Crippen LogP contribution in [-0.4, -0.2) is 41.4 Å². The Balaban J connectivity index is 1.21. The average Bonchev–Trinajstić information content (AvgIpc) is 3.54. The number of amides is 1. The second-order valence-corrected chi connectivity index (χ2v) is 10.5. The summed E-state index contributed by atoms with van der Waals surface area (Å²) in [6.45, 7) is 2.80. The number of rotatable bonds is 10. The molecule has 1 heterocycles. The summed E-state index contributed by atoms with van der Waals surface area (Å²) >= 11 is 0. The van der Waals surface area contributed by atoms with E-state index in [1.54, 1.807) is 0 Å². The number of hydrogen-bond donors (Lipinski definition) is 3. The molecule has 4 aromatic carbocycles. The first-order chi connectivity index (χ1) is 20.5. The van der Waals surface area contributed by atoms with Gasteiger partial charge in [0.15, 0.2) is 0 Å². The Bertz CT molecular complexity index is 1690. The molecule has 7 heteroatoms. The minimum absolute atomic E-state index is 0.0764. The van der Waals surface area contributed by atoms with Gasteiger partial charge in [0, 0.05) is 28.9 Å². The molecular weight excluding hydrogens is 528 g/mol. The normalized spacial score (nSPS) is 12.9. The zero-order chi connectivity index (χ0) is 29.1. The molecule has 6 rings (SSSR count). The Morgan fingerprint density at radius 3 is 2.19 bits per heavy atom. The minimum atomic E-state index is -1.19. The highest BCUT2D eigenvalue weighted by Crippen LogP contribution is 2.44. The molecule has 42 heavy (non-hydrogen) atoms. The summed E-state index contributed by atoms with van der Waals surface area (Å²) in [5, 5.41) is 13.6. The SMILES string of the molecule is CCCOc1ccc(-c2[nH]c3ccccc3c2C[C@H](NC(=O)OCC2c3ccccc3-c3ccccc32)C(=O)O)cc1. The molecule has 0 fully saturated rings. The van der Waals surface area contributed by atoms with Crippen LogP contribution in [0.15, 0.2) is 97.1 Å². The van der Waals surface area contributed by atoms with Gasteiger partial charge in [-0.3, -0.25) is 0 Å². The number of carbonyl (C=O) groups excluding carboxylic acids is 1. The van der Waals surface area contributed by atoms with E-state index in [0.717, 1.165) is 62.1 Å². The van der Waals surface area contributed by atoms with E-state index in [9.17, 15) is 14.7 Å². The van der Waals surface area contributed by atoms with Crippen molar-refractivity contribution in [3.63, 3.8) is 0 Å². The Hall–Kier alpha value is -5.04. The van der Waals surface area contributed by atoms with Crippen molar-refractivity contribution in [1.29, 1.82) is 0 Å². The first-order valence-electron chi connectivity index (χ1n) is 14.2. The molecule has 1 aliphatic rings. The van der Waals surface area contributed by atoms with Crippen molar-refractivity contribution < 1.29 is 24.2 Å². The number of carboxylic acid groups (broad SMARTS) is 1. The number of alkyl carbamates (subject to hydrolysis) is 1. The molecule has 1 amide bonds. The maximum atomic E-state index is 13.0. The van der Waals surface area contributed by atoms with Crippen molar-refractivity contribution >= 4 is 23.0 Å². The molecule has 0 saturated heterocycles. The minimum Gasteiger partial charge on any atom is -0.494 e. The number of hydrogen-bond acceptors (Lipinski definition) is 4. The third-order valence-corrected chi connectivity index (χ3v) is 7.77. The van der Waals surface area contributed by atoms with Crippen LogP contribution >= 0.6 is 0 Å². The Kier molecular flexibility index (Phi) is 7.64. The zero-order valence-electron chi connectivity index (χ0n) is 23.3. The van der Waals surface area contributed by atoms with Gasteiger partial charge in [0.05, 0.1) is 6.61 Å². The first-order valence-corrected chi connectivity index (χ1v) is 14.2. The van der Waals surface area contributed by atoms with Gasteiger partial charge in [0.1, 0.15) is 18.4 Å². The fourth-order valence-corrected chi connectivity index (χ4v) is 5.78. The van der Waals surface area contributed by atoms with Gasteiger partial charge in [-0.15, -0.1) is 0 Å². The number of aromatic amines is 1. The largest absolute Gasteiger partial charge is 0.494 e. The first kappa shape index (κ1) is 27.1. The van der Waals surface area contributed by atoms with E-state index < -0.39 is 18.1 Å². The van der Waals surface area contributed by atoms with E-state index in [1.165, 1.54) is 0 Å². The number of ether oxygens (including phenoxy) is 2. The Morgan fingerprint density at radius 2 is 1.52 bits per heavy atom. The summed E-state index contributed by atoms with van der Waals surface area (Å²) in [7, 11) is 0. The van der Waals surface area contributed by atoms with Crippen LogP contribution in [0.5, 0.6) is 5.75 Å². The number of benzene rings is 4. The van der Waals surface area contributed by atoms with Gasteiger partial charge in [-0.2, -0.15) is 0 Å². The van der Waals surface area contributed by atoms with Gasteiger partial charge < -0.3 is 24.9 Å². The van der Waals surface area contributed by atoms with E-state index in [0.29, 0.717) is 6.61 Å². The molecule has 5 aromatic rings. The highest BCUT2D eigenvalue weighted by Gasteiger charge is 2.30. The van der Waals surface area contributed by atoms with E-state index >= 15 is 0 Å². The average molecular weight is 561 g/mol. The number of aromatic nitrogens is 1. The Labute approximate surface area is 244 Å². The van der Waals surface area contributed by atoms with Gasteiger partial charge in [-0.05, 0) is 70.1 Å². The molecule has 0 unspecified atom stereocenters. The second-order valence-electron chi connectivity index (χ2n) is 10.5. The fraction of sp³-hybridized carbons (Fsp3) is 0.200. The molecule has 1 aliphatic carbocycles. The number of carboxylic acids is 1. The third kappa shape index (κ3) is 5.33. The van der Waals surface area contributed by atoms with E-state index in [2.05, 4.69) is 29.4 Å². The molecule has 212 valence electrons. The number of carbonyl (C=O) groups is 2. The summed E-state index contributed by atoms with van der Waals surface area (Å²) in [5.41, 5.74) is 7.84. The van der Waals surface area contributed by atoms with Gasteiger partial charge in [0.2, 0.25) is 0 Å². The van der Waals surface area contributed by atoms with Crippen LogP contribution in [0.1, 0.15) is 36.0 Å². The molecule has 3 N–H and O–H groups in total. The lowest BCUT2D eigenvalue weighted by atomic mass is 9.98. The topological polar surface area (TPSA) is 101 Å². The van der Waals surface area contributed by atoms with Crippen molar-refractivity contribution in [3.05, 3.63) is 114 Å². The molecule has 7 nitrogen and oxygen atoms in total. The predicted molar refractivity (Wildman–Crippen MR) is 163 cm³/mol. The van der Waals surface area contributed by atoms with E-state index in [4.69, 9.17) is 9.47 Å². The van der Waals surface area contributed by atoms with E-state index in [1.807, 2.05) is 84.9 Å². The lowest BCUT2D eigenvalue weighted by Gasteiger charge is -2.18. The standard InChI is InChI=1S/C35H32N2O5/c1-2-19-41-23-17-15-22(16-18-23)33-29(28-13-7-8-14-31(28)36-33)20-32(34(38)39)37-35(40)42-21-30-26-11-5-3-9-24(26)25-10-4-6-12-27(25)30/h3-18,30,32,36H,2,19-21H2,1H3,(H,37,40)(H,38,39)/t32-/m0/s1. The van der Waals surface area contributed by atoms with Crippen LogP contribution in [-0.2, 0) is 16.0 Å².